The van der Waals surface area contributed by atoms with Crippen molar-refractivity contribution in [2.75, 3.05) is 12.8 Å². The molecule has 7 heteroatoms. The molecule has 2 aromatic heterocycles. The van der Waals surface area contributed by atoms with Crippen LogP contribution in [0.4, 0.5) is 5.95 Å². The number of unbranched alkanes of at least 4 members (excludes halogenated alkanes) is 6. The molecule has 0 fully saturated rings. The molecule has 0 aliphatic carbocycles. The Balaban J connectivity index is 0.000000420. The Morgan fingerprint density at radius 2 is 1.39 bits per heavy atom. The monoisotopic (exact) mass is 457 g/mol. The predicted molar refractivity (Wildman–Crippen MR) is 137 cm³/mol. The van der Waals surface area contributed by atoms with Crippen LogP contribution in [0.25, 0.3) is 11.2 Å². The summed E-state index contributed by atoms with van der Waals surface area (Å²) >= 11 is 0. The molecule has 1 aromatic carbocycles. The van der Waals surface area contributed by atoms with Gasteiger partial charge in [-0.3, -0.25) is 0 Å². The number of nitrogens with zero attached hydrogens (tertiary/aromatic N) is 4. The van der Waals surface area contributed by atoms with E-state index in [1.807, 2.05) is 45.2 Å². The summed E-state index contributed by atoms with van der Waals surface area (Å²) in [7, 11) is 3.52. The lowest BCUT2D eigenvalue weighted by Crippen LogP contribution is -2.03. The van der Waals surface area contributed by atoms with Crippen molar-refractivity contribution in [3.05, 3.63) is 41.7 Å². The SMILES string of the molecule is CC.CCCCCCCCC.COCc1ccc(COc2nc(N)nc3c2ncn3C)cc1. The smallest absolute Gasteiger partial charge is 0.247 e. The second kappa shape index (κ2) is 16.9. The van der Waals surface area contributed by atoms with Gasteiger partial charge in [-0.2, -0.15) is 9.97 Å². The number of aromatic nitrogens is 4. The van der Waals surface area contributed by atoms with Crippen LogP contribution in [0.1, 0.15) is 83.8 Å². The molecule has 0 saturated carbocycles. The van der Waals surface area contributed by atoms with Gasteiger partial charge in [0.15, 0.2) is 11.2 Å². The number of nitrogens with two attached hydrogens (primary N) is 1. The molecule has 2 N–H and O–H groups in total. The molecule has 0 aliphatic heterocycles. The Morgan fingerprint density at radius 1 is 0.848 bits per heavy atom. The van der Waals surface area contributed by atoms with Gasteiger partial charge in [0.25, 0.3) is 0 Å². The first-order chi connectivity index (χ1) is 16.1. The average molecular weight is 458 g/mol. The standard InChI is InChI=1S/C15H17N5O2.C9H20.C2H6/c1-20-9-17-12-13(20)18-15(16)19-14(12)22-8-11-5-3-10(4-6-11)7-21-2;1-3-5-7-9-8-6-4-2;1-2/h3-6,9H,7-8H2,1-2H3,(H2,16,18,19);3-9H2,1-2H3;1-2H3. The molecule has 0 unspecified atom stereocenters. The number of anilines is 1. The topological polar surface area (TPSA) is 88.1 Å². The van der Waals surface area contributed by atoms with Gasteiger partial charge in [-0.15, -0.1) is 0 Å². The van der Waals surface area contributed by atoms with Crippen molar-refractivity contribution < 1.29 is 9.47 Å². The van der Waals surface area contributed by atoms with E-state index in [4.69, 9.17) is 15.2 Å². The van der Waals surface area contributed by atoms with Crippen LogP contribution >= 0.6 is 0 Å². The molecule has 2 heterocycles. The van der Waals surface area contributed by atoms with Crippen LogP contribution in [0.3, 0.4) is 0 Å². The quantitative estimate of drug-likeness (QED) is 0.333. The van der Waals surface area contributed by atoms with Crippen molar-refractivity contribution in [3.63, 3.8) is 0 Å². The Kier molecular flexibility index (Phi) is 14.5. The highest BCUT2D eigenvalue weighted by Crippen LogP contribution is 2.22. The van der Waals surface area contributed by atoms with E-state index in [-0.39, 0.29) is 5.95 Å². The number of hydrogen-bond donors (Lipinski definition) is 1. The summed E-state index contributed by atoms with van der Waals surface area (Å²) in [6.07, 6.45) is 11.6. The number of benzene rings is 1. The number of fused-ring (bicyclic) bond motifs is 1. The van der Waals surface area contributed by atoms with Gasteiger partial charge in [0.1, 0.15) is 6.61 Å². The summed E-state index contributed by atoms with van der Waals surface area (Å²) in [5.74, 6) is 0.561. The number of ether oxygens (including phenoxy) is 2. The molecule has 0 saturated heterocycles. The third-order valence-corrected chi connectivity index (χ3v) is 4.96. The zero-order valence-electron chi connectivity index (χ0n) is 21.4. The normalized spacial score (nSPS) is 10.2. The van der Waals surface area contributed by atoms with Gasteiger partial charge in [-0.05, 0) is 11.1 Å². The van der Waals surface area contributed by atoms with Crippen LogP contribution in [0.5, 0.6) is 5.88 Å². The molecule has 3 aromatic rings. The lowest BCUT2D eigenvalue weighted by Gasteiger charge is -2.07. The first-order valence-corrected chi connectivity index (χ1v) is 12.2. The highest BCUT2D eigenvalue weighted by atomic mass is 16.5. The van der Waals surface area contributed by atoms with E-state index in [9.17, 15) is 0 Å². The van der Waals surface area contributed by atoms with Gasteiger partial charge < -0.3 is 19.8 Å². The lowest BCUT2D eigenvalue weighted by atomic mass is 10.1. The first kappa shape index (κ1) is 28.4. The Morgan fingerprint density at radius 3 is 1.94 bits per heavy atom. The molecule has 0 atom stereocenters. The molecular weight excluding hydrogens is 414 g/mol. The number of methoxy groups -OCH3 is 1. The maximum absolute atomic E-state index is 5.76. The molecule has 0 radical (unpaired) electrons. The second-order valence-electron chi connectivity index (χ2n) is 7.72. The van der Waals surface area contributed by atoms with Gasteiger partial charge >= 0.3 is 0 Å². The van der Waals surface area contributed by atoms with Crippen molar-refractivity contribution >= 4 is 17.1 Å². The van der Waals surface area contributed by atoms with E-state index in [2.05, 4.69) is 28.8 Å². The molecule has 0 amide bonds. The van der Waals surface area contributed by atoms with Crippen molar-refractivity contribution in [2.45, 2.75) is 85.9 Å². The van der Waals surface area contributed by atoms with Crippen LogP contribution in [-0.4, -0.2) is 26.6 Å². The van der Waals surface area contributed by atoms with Crippen molar-refractivity contribution in [1.29, 1.82) is 0 Å². The highest BCUT2D eigenvalue weighted by Gasteiger charge is 2.12. The fourth-order valence-corrected chi connectivity index (χ4v) is 3.18. The minimum atomic E-state index is 0.168. The summed E-state index contributed by atoms with van der Waals surface area (Å²) in [5.41, 5.74) is 9.12. The highest BCUT2D eigenvalue weighted by molar-refractivity contribution is 5.77. The van der Waals surface area contributed by atoms with Crippen LogP contribution in [0.15, 0.2) is 30.6 Å². The van der Waals surface area contributed by atoms with Crippen LogP contribution in [-0.2, 0) is 25.0 Å². The Bertz CT molecular complexity index is 888. The number of rotatable bonds is 11. The molecule has 0 spiro atoms. The molecule has 3 rings (SSSR count). The molecule has 7 nitrogen and oxygen atoms in total. The van der Waals surface area contributed by atoms with Gasteiger partial charge in [-0.25, -0.2) is 4.98 Å². The summed E-state index contributed by atoms with van der Waals surface area (Å²) in [6, 6.07) is 8.00. The van der Waals surface area contributed by atoms with E-state index in [0.717, 1.165) is 11.1 Å². The maximum atomic E-state index is 5.76. The zero-order chi connectivity index (χ0) is 24.5. The fourth-order valence-electron chi connectivity index (χ4n) is 3.18. The summed E-state index contributed by atoms with van der Waals surface area (Å²) in [5, 5.41) is 0. The van der Waals surface area contributed by atoms with E-state index >= 15 is 0 Å². The van der Waals surface area contributed by atoms with Gasteiger partial charge in [0.2, 0.25) is 11.8 Å². The van der Waals surface area contributed by atoms with Crippen LogP contribution in [0.2, 0.25) is 0 Å². The lowest BCUT2D eigenvalue weighted by molar-refractivity contribution is 0.185. The van der Waals surface area contributed by atoms with Crippen molar-refractivity contribution in [2.24, 2.45) is 7.05 Å². The summed E-state index contributed by atoms with van der Waals surface area (Å²) < 4.78 is 12.6. The largest absolute Gasteiger partial charge is 0.471 e. The average Bonchev–Trinajstić information content (AvgIpc) is 3.21. The molecule has 184 valence electrons. The second-order valence-corrected chi connectivity index (χ2v) is 7.72. The van der Waals surface area contributed by atoms with Crippen LogP contribution in [0, 0.1) is 0 Å². The van der Waals surface area contributed by atoms with Crippen molar-refractivity contribution in [3.8, 4) is 5.88 Å². The number of hydrogen-bond acceptors (Lipinski definition) is 6. The number of imidazole rings is 1. The predicted octanol–water partition coefficient (Wildman–Crippen LogP) is 6.45. The van der Waals surface area contributed by atoms with E-state index in [0.29, 0.717) is 30.3 Å². The third kappa shape index (κ3) is 10.2. The summed E-state index contributed by atoms with van der Waals surface area (Å²) in [4.78, 5) is 12.5. The first-order valence-electron chi connectivity index (χ1n) is 12.2. The maximum Gasteiger partial charge on any atom is 0.247 e. The third-order valence-electron chi connectivity index (χ3n) is 4.96. The number of nitrogen functional groups attached to an aromatic ring is 1. The minimum Gasteiger partial charge on any atom is -0.471 e. The van der Waals surface area contributed by atoms with E-state index < -0.39 is 0 Å². The van der Waals surface area contributed by atoms with Gasteiger partial charge in [-0.1, -0.05) is 96.9 Å². The molecule has 0 aliphatic rings. The molecule has 0 bridgehead atoms. The van der Waals surface area contributed by atoms with E-state index in [1.54, 1.807) is 18.0 Å². The molecular formula is C26H43N5O2. The Labute approximate surface area is 199 Å². The van der Waals surface area contributed by atoms with E-state index in [1.165, 1.54) is 44.9 Å². The van der Waals surface area contributed by atoms with Gasteiger partial charge in [0, 0.05) is 14.2 Å². The van der Waals surface area contributed by atoms with Gasteiger partial charge in [0.05, 0.1) is 12.9 Å². The zero-order valence-corrected chi connectivity index (χ0v) is 21.4. The number of aryl methyl sites for hydroxylation is 1. The van der Waals surface area contributed by atoms with Crippen LogP contribution < -0.4 is 10.5 Å². The Hall–Kier alpha value is -2.67. The summed E-state index contributed by atoms with van der Waals surface area (Å²) in [6.45, 7) is 9.51. The fraction of sp³-hybridized carbons (Fsp3) is 0.577. The van der Waals surface area contributed by atoms with Crippen molar-refractivity contribution in [1.82, 2.24) is 19.5 Å². The molecule has 33 heavy (non-hydrogen) atoms. The minimum absolute atomic E-state index is 0.168.